The Morgan fingerprint density at radius 2 is 2.08 bits per heavy atom. The minimum absolute atomic E-state index is 0.00752. The first-order valence-electron chi connectivity index (χ1n) is 7.94. The molecule has 0 amide bonds. The van der Waals surface area contributed by atoms with E-state index in [-0.39, 0.29) is 12.5 Å². The van der Waals surface area contributed by atoms with Gasteiger partial charge in [0, 0.05) is 24.6 Å². The Kier molecular flexibility index (Phi) is 4.59. The first-order chi connectivity index (χ1) is 11.5. The highest BCUT2D eigenvalue weighted by Gasteiger charge is 2.15. The maximum atomic E-state index is 12.1. The van der Waals surface area contributed by atoms with Gasteiger partial charge in [0.25, 0.3) is 0 Å². The molecule has 7 heteroatoms. The van der Waals surface area contributed by atoms with Crippen LogP contribution in [0.3, 0.4) is 0 Å². The van der Waals surface area contributed by atoms with Crippen molar-refractivity contribution in [3.8, 4) is 0 Å². The molecule has 0 bridgehead atoms. The normalized spacial score (nSPS) is 14.2. The average Bonchev–Trinajstić information content (AvgIpc) is 3.22. The third-order valence-electron chi connectivity index (χ3n) is 3.69. The molecule has 0 saturated carbocycles. The van der Waals surface area contributed by atoms with Gasteiger partial charge in [-0.05, 0) is 31.2 Å². The molecule has 126 valence electrons. The predicted octanol–water partition coefficient (Wildman–Crippen LogP) is 3.14. The van der Waals surface area contributed by atoms with Crippen molar-refractivity contribution in [1.82, 2.24) is 10.1 Å². The second kappa shape index (κ2) is 6.82. The molecule has 1 aliphatic rings. The number of esters is 1. The SMILES string of the molecule is CC1=NN(c2ccc(C(=O)OCc3noc(C(C)C)n3)cc2)CC1. The number of rotatable bonds is 5. The molecule has 24 heavy (non-hydrogen) atoms. The molecule has 7 nitrogen and oxygen atoms in total. The summed E-state index contributed by atoms with van der Waals surface area (Å²) in [5.41, 5.74) is 2.55. The summed E-state index contributed by atoms with van der Waals surface area (Å²) >= 11 is 0. The number of ether oxygens (including phenoxy) is 1. The second-order valence-electron chi connectivity index (χ2n) is 6.03. The zero-order chi connectivity index (χ0) is 17.1. The number of nitrogens with zero attached hydrogens (tertiary/aromatic N) is 4. The van der Waals surface area contributed by atoms with E-state index in [0.717, 1.165) is 24.4 Å². The van der Waals surface area contributed by atoms with Gasteiger partial charge in [-0.15, -0.1) is 0 Å². The maximum absolute atomic E-state index is 12.1. The first kappa shape index (κ1) is 16.2. The molecule has 1 aromatic heterocycles. The molecule has 0 aliphatic carbocycles. The van der Waals surface area contributed by atoms with Crippen LogP contribution in [0.1, 0.15) is 55.2 Å². The highest BCUT2D eigenvalue weighted by atomic mass is 16.5. The summed E-state index contributed by atoms with van der Waals surface area (Å²) in [6.45, 7) is 6.78. The average molecular weight is 328 g/mol. The van der Waals surface area contributed by atoms with Crippen LogP contribution in [0.25, 0.3) is 0 Å². The molecule has 0 spiro atoms. The van der Waals surface area contributed by atoms with Crippen LogP contribution in [0, 0.1) is 0 Å². The van der Waals surface area contributed by atoms with Crippen molar-refractivity contribution in [3.05, 3.63) is 41.5 Å². The van der Waals surface area contributed by atoms with Gasteiger partial charge in [0.2, 0.25) is 11.7 Å². The van der Waals surface area contributed by atoms with Crippen LogP contribution in [0.4, 0.5) is 5.69 Å². The van der Waals surface area contributed by atoms with Crippen molar-refractivity contribution in [2.45, 2.75) is 39.7 Å². The van der Waals surface area contributed by atoms with Gasteiger partial charge in [-0.2, -0.15) is 10.1 Å². The van der Waals surface area contributed by atoms with Crippen LogP contribution in [-0.4, -0.2) is 28.4 Å². The lowest BCUT2D eigenvalue weighted by Gasteiger charge is -2.13. The summed E-state index contributed by atoms with van der Waals surface area (Å²) in [7, 11) is 0. The Bertz CT molecular complexity index is 749. The Morgan fingerprint density at radius 1 is 1.33 bits per heavy atom. The fraction of sp³-hybridized carbons (Fsp3) is 0.412. The summed E-state index contributed by atoms with van der Waals surface area (Å²) in [4.78, 5) is 16.3. The number of hydrogen-bond acceptors (Lipinski definition) is 7. The van der Waals surface area contributed by atoms with E-state index >= 15 is 0 Å². The van der Waals surface area contributed by atoms with E-state index in [1.165, 1.54) is 0 Å². The van der Waals surface area contributed by atoms with E-state index in [2.05, 4.69) is 15.2 Å². The fourth-order valence-electron chi connectivity index (χ4n) is 2.30. The van der Waals surface area contributed by atoms with E-state index < -0.39 is 5.97 Å². The molecule has 0 atom stereocenters. The third kappa shape index (κ3) is 3.61. The van der Waals surface area contributed by atoms with Gasteiger partial charge < -0.3 is 9.26 Å². The van der Waals surface area contributed by atoms with E-state index in [4.69, 9.17) is 9.26 Å². The second-order valence-corrected chi connectivity index (χ2v) is 6.03. The summed E-state index contributed by atoms with van der Waals surface area (Å²) < 4.78 is 10.3. The zero-order valence-electron chi connectivity index (χ0n) is 14.0. The molecular formula is C17H20N4O3. The Balaban J connectivity index is 1.58. The number of aromatic nitrogens is 2. The quantitative estimate of drug-likeness (QED) is 0.784. The maximum Gasteiger partial charge on any atom is 0.338 e. The van der Waals surface area contributed by atoms with Crippen LogP contribution in [0.15, 0.2) is 33.9 Å². The number of anilines is 1. The molecular weight excluding hydrogens is 308 g/mol. The van der Waals surface area contributed by atoms with Gasteiger partial charge in [0.05, 0.1) is 11.3 Å². The molecule has 0 unspecified atom stereocenters. The summed E-state index contributed by atoms with van der Waals surface area (Å²) in [5.74, 6) is 0.627. The van der Waals surface area contributed by atoms with Crippen LogP contribution in [-0.2, 0) is 11.3 Å². The van der Waals surface area contributed by atoms with Gasteiger partial charge in [0.15, 0.2) is 6.61 Å². The van der Waals surface area contributed by atoms with Crippen molar-refractivity contribution >= 4 is 17.4 Å². The third-order valence-corrected chi connectivity index (χ3v) is 3.69. The molecule has 1 aliphatic heterocycles. The Hall–Kier alpha value is -2.70. The molecule has 3 rings (SSSR count). The summed E-state index contributed by atoms with van der Waals surface area (Å²) in [5, 5.41) is 10.2. The Labute approximate surface area is 140 Å². The zero-order valence-corrected chi connectivity index (χ0v) is 14.0. The number of carbonyl (C=O) groups is 1. The van der Waals surface area contributed by atoms with Crippen molar-refractivity contribution in [1.29, 1.82) is 0 Å². The van der Waals surface area contributed by atoms with Gasteiger partial charge in [-0.1, -0.05) is 19.0 Å². The minimum atomic E-state index is -0.418. The van der Waals surface area contributed by atoms with Gasteiger partial charge >= 0.3 is 5.97 Å². The Morgan fingerprint density at radius 3 is 2.67 bits per heavy atom. The van der Waals surface area contributed by atoms with Crippen molar-refractivity contribution in [2.24, 2.45) is 5.10 Å². The van der Waals surface area contributed by atoms with Crippen LogP contribution in [0.2, 0.25) is 0 Å². The number of benzene rings is 1. The largest absolute Gasteiger partial charge is 0.454 e. The summed E-state index contributed by atoms with van der Waals surface area (Å²) in [6, 6.07) is 7.20. The lowest BCUT2D eigenvalue weighted by molar-refractivity contribution is 0.0459. The van der Waals surface area contributed by atoms with E-state index in [9.17, 15) is 4.79 Å². The highest BCUT2D eigenvalue weighted by Crippen LogP contribution is 2.20. The summed E-state index contributed by atoms with van der Waals surface area (Å²) in [6.07, 6.45) is 0.965. The fourth-order valence-corrected chi connectivity index (χ4v) is 2.30. The van der Waals surface area contributed by atoms with E-state index in [0.29, 0.717) is 17.3 Å². The van der Waals surface area contributed by atoms with E-state index in [1.807, 2.05) is 37.9 Å². The van der Waals surface area contributed by atoms with Crippen LogP contribution in [0.5, 0.6) is 0 Å². The van der Waals surface area contributed by atoms with Crippen LogP contribution < -0.4 is 5.01 Å². The monoisotopic (exact) mass is 328 g/mol. The van der Waals surface area contributed by atoms with Crippen molar-refractivity contribution in [2.75, 3.05) is 11.6 Å². The van der Waals surface area contributed by atoms with Crippen molar-refractivity contribution < 1.29 is 14.1 Å². The standard InChI is InChI=1S/C17H20N4O3/c1-11(2)16-18-15(20-24-16)10-23-17(22)13-4-6-14(7-5-13)21-9-8-12(3)19-21/h4-7,11H,8-10H2,1-3H3. The predicted molar refractivity (Wildman–Crippen MR) is 89.0 cm³/mol. The molecule has 1 aromatic carbocycles. The number of hydrogen-bond donors (Lipinski definition) is 0. The highest BCUT2D eigenvalue weighted by molar-refractivity contribution is 5.90. The number of hydrazone groups is 1. The van der Waals surface area contributed by atoms with Gasteiger partial charge in [-0.25, -0.2) is 4.79 Å². The smallest absolute Gasteiger partial charge is 0.338 e. The lowest BCUT2D eigenvalue weighted by Crippen LogP contribution is -2.12. The van der Waals surface area contributed by atoms with Gasteiger partial charge in [0.1, 0.15) is 0 Å². The number of carbonyl (C=O) groups excluding carboxylic acids is 1. The van der Waals surface area contributed by atoms with Crippen molar-refractivity contribution in [3.63, 3.8) is 0 Å². The molecule has 0 N–H and O–H groups in total. The minimum Gasteiger partial charge on any atom is -0.454 e. The molecule has 0 saturated heterocycles. The molecule has 2 aromatic rings. The van der Waals surface area contributed by atoms with E-state index in [1.54, 1.807) is 12.1 Å². The molecule has 0 radical (unpaired) electrons. The van der Waals surface area contributed by atoms with Crippen LogP contribution >= 0.6 is 0 Å². The van der Waals surface area contributed by atoms with Gasteiger partial charge in [-0.3, -0.25) is 5.01 Å². The topological polar surface area (TPSA) is 80.8 Å². The molecule has 0 fully saturated rings. The first-order valence-corrected chi connectivity index (χ1v) is 7.94. The molecule has 2 heterocycles. The lowest BCUT2D eigenvalue weighted by atomic mass is 10.2.